The first-order valence-corrected chi connectivity index (χ1v) is 13.6. The number of nitrogens with zero attached hydrogens (tertiary/aromatic N) is 3. The largest absolute Gasteiger partial charge is 0.444 e. The number of carbonyl (C=O) groups excluding carboxylic acids is 2. The van der Waals surface area contributed by atoms with E-state index >= 15 is 0 Å². The maximum Gasteiger partial charge on any atom is 0.411 e. The fourth-order valence-electron chi connectivity index (χ4n) is 7.17. The van der Waals surface area contributed by atoms with Gasteiger partial charge in [-0.05, 0) is 70.9 Å². The van der Waals surface area contributed by atoms with Crippen molar-refractivity contribution in [1.82, 2.24) is 4.90 Å². The highest BCUT2D eigenvalue weighted by Crippen LogP contribution is 2.62. The zero-order valence-electron chi connectivity index (χ0n) is 22.7. The molecule has 4 aliphatic rings. The highest BCUT2D eigenvalue weighted by molar-refractivity contribution is 5.94. The summed E-state index contributed by atoms with van der Waals surface area (Å²) in [6.07, 6.45) is 1.93. The average molecular weight is 503 g/mol. The number of piperidine rings is 1. The van der Waals surface area contributed by atoms with E-state index < -0.39 is 5.60 Å². The molecular weight excluding hydrogens is 464 g/mol. The van der Waals surface area contributed by atoms with Crippen LogP contribution in [0.4, 0.5) is 21.9 Å². The van der Waals surface area contributed by atoms with E-state index in [1.807, 2.05) is 48.8 Å². The first-order valence-electron chi connectivity index (χ1n) is 13.6. The maximum atomic E-state index is 12.9. The van der Waals surface area contributed by atoms with E-state index in [0.717, 1.165) is 36.3 Å². The van der Waals surface area contributed by atoms with Crippen LogP contribution in [-0.2, 0) is 9.53 Å². The molecule has 3 heterocycles. The van der Waals surface area contributed by atoms with Gasteiger partial charge in [-0.1, -0.05) is 25.1 Å². The number of nitrogens with one attached hydrogen (secondary N) is 1. The number of likely N-dealkylation sites (tertiary alicyclic amines) is 1. The smallest absolute Gasteiger partial charge is 0.411 e. The number of piperazine rings is 1. The quantitative estimate of drug-likeness (QED) is 0.594. The molecular formula is C30H38N4O3. The zero-order chi connectivity index (χ0) is 26.3. The van der Waals surface area contributed by atoms with Crippen LogP contribution < -0.4 is 15.1 Å². The van der Waals surface area contributed by atoms with Gasteiger partial charge in [-0.3, -0.25) is 9.69 Å². The number of benzene rings is 2. The molecule has 6 unspecified atom stereocenters. The first kappa shape index (κ1) is 24.1. The Morgan fingerprint density at radius 2 is 1.78 bits per heavy atom. The molecule has 6 atom stereocenters. The van der Waals surface area contributed by atoms with Gasteiger partial charge in [0.2, 0.25) is 5.91 Å². The number of hydrogen-bond donors (Lipinski definition) is 1. The summed E-state index contributed by atoms with van der Waals surface area (Å²) in [5.41, 5.74) is 3.93. The maximum absolute atomic E-state index is 12.9. The van der Waals surface area contributed by atoms with Crippen LogP contribution in [-0.4, -0.2) is 52.7 Å². The first-order chi connectivity index (χ1) is 17.5. The summed E-state index contributed by atoms with van der Waals surface area (Å²) in [7, 11) is 0. The van der Waals surface area contributed by atoms with Gasteiger partial charge in [-0.15, -0.1) is 0 Å². The molecule has 37 heavy (non-hydrogen) atoms. The lowest BCUT2D eigenvalue weighted by molar-refractivity contribution is -0.173. The van der Waals surface area contributed by atoms with E-state index in [0.29, 0.717) is 0 Å². The summed E-state index contributed by atoms with van der Waals surface area (Å²) in [5, 5.41) is 3.76. The van der Waals surface area contributed by atoms with E-state index in [2.05, 4.69) is 54.4 Å². The highest BCUT2D eigenvalue weighted by Gasteiger charge is 2.76. The zero-order valence-corrected chi connectivity index (χ0v) is 22.7. The number of para-hydroxylation sites is 1. The molecule has 2 aromatic carbocycles. The third-order valence-electron chi connectivity index (χ3n) is 9.15. The predicted octanol–water partition coefficient (Wildman–Crippen LogP) is 5.57. The van der Waals surface area contributed by atoms with Crippen LogP contribution in [0.15, 0.2) is 48.5 Å². The van der Waals surface area contributed by atoms with Gasteiger partial charge in [0.15, 0.2) is 0 Å². The van der Waals surface area contributed by atoms with Crippen molar-refractivity contribution in [2.45, 2.75) is 89.7 Å². The summed E-state index contributed by atoms with van der Waals surface area (Å²) in [6.45, 7) is 12.6. The lowest BCUT2D eigenvalue weighted by Gasteiger charge is -2.80. The fraction of sp³-hybridized carbons (Fsp3) is 0.533. The fourth-order valence-corrected chi connectivity index (χ4v) is 7.17. The molecule has 2 aromatic rings. The molecule has 3 aliphatic heterocycles. The molecule has 3 fully saturated rings. The molecule has 7 heteroatoms. The normalized spacial score (nSPS) is 31.6. The number of carbonyl (C=O) groups is 2. The number of amides is 2. The van der Waals surface area contributed by atoms with Gasteiger partial charge < -0.3 is 19.9 Å². The Morgan fingerprint density at radius 1 is 1.05 bits per heavy atom. The molecule has 1 spiro atoms. The van der Waals surface area contributed by atoms with E-state index in [9.17, 15) is 9.59 Å². The van der Waals surface area contributed by atoms with Crippen molar-refractivity contribution >= 4 is 29.1 Å². The minimum Gasteiger partial charge on any atom is -0.444 e. The van der Waals surface area contributed by atoms with Gasteiger partial charge in [0.05, 0.1) is 23.7 Å². The van der Waals surface area contributed by atoms with Gasteiger partial charge in [0.25, 0.3) is 0 Å². The van der Waals surface area contributed by atoms with Crippen molar-refractivity contribution in [3.05, 3.63) is 54.1 Å². The van der Waals surface area contributed by atoms with Gasteiger partial charge in [-0.2, -0.15) is 0 Å². The van der Waals surface area contributed by atoms with Crippen LogP contribution in [0.3, 0.4) is 0 Å². The van der Waals surface area contributed by atoms with Crippen LogP contribution in [0.25, 0.3) is 0 Å². The summed E-state index contributed by atoms with van der Waals surface area (Å²) in [4.78, 5) is 32.0. The van der Waals surface area contributed by atoms with Crippen molar-refractivity contribution in [2.24, 2.45) is 5.92 Å². The van der Waals surface area contributed by atoms with Crippen molar-refractivity contribution in [3.63, 3.8) is 0 Å². The summed E-state index contributed by atoms with van der Waals surface area (Å²) in [5.74, 6) is 0.289. The molecule has 0 aromatic heterocycles. The Hall–Kier alpha value is -3.22. The van der Waals surface area contributed by atoms with E-state index in [1.54, 1.807) is 6.92 Å². The van der Waals surface area contributed by atoms with Crippen LogP contribution in [0.2, 0.25) is 0 Å². The number of fused-ring (bicyclic) bond motifs is 1. The Bertz CT molecular complexity index is 1230. The Kier molecular flexibility index (Phi) is 5.31. The molecule has 6 rings (SSSR count). The molecule has 1 aliphatic carbocycles. The van der Waals surface area contributed by atoms with Crippen molar-refractivity contribution in [1.29, 1.82) is 0 Å². The third kappa shape index (κ3) is 3.46. The highest BCUT2D eigenvalue weighted by atomic mass is 16.6. The molecule has 2 saturated heterocycles. The summed E-state index contributed by atoms with van der Waals surface area (Å²) in [6, 6.07) is 17.4. The van der Waals surface area contributed by atoms with Crippen LogP contribution in [0.5, 0.6) is 0 Å². The van der Waals surface area contributed by atoms with Gasteiger partial charge in [0, 0.05) is 48.1 Å². The molecule has 196 valence electrons. The van der Waals surface area contributed by atoms with Gasteiger partial charge >= 0.3 is 6.09 Å². The minimum absolute atomic E-state index is 0.0291. The SMILES string of the molecule is CC(=O)N1c2ccc(N3CC4N(C(=O)OC(C)(C)C)C5CCC543)cc2C(Nc2ccccc2)C(C)C1C. The second-order valence-corrected chi connectivity index (χ2v) is 12.3. The lowest BCUT2D eigenvalue weighted by Crippen LogP contribution is -2.97. The average Bonchev–Trinajstić information content (AvgIpc) is 2.79. The summed E-state index contributed by atoms with van der Waals surface area (Å²) >= 11 is 0. The monoisotopic (exact) mass is 502 g/mol. The Labute approximate surface area is 219 Å². The van der Waals surface area contributed by atoms with E-state index in [1.165, 1.54) is 5.69 Å². The lowest BCUT2D eigenvalue weighted by atomic mass is 9.52. The Balaban J connectivity index is 1.31. The topological polar surface area (TPSA) is 65.1 Å². The van der Waals surface area contributed by atoms with Crippen molar-refractivity contribution in [3.8, 4) is 0 Å². The molecule has 0 radical (unpaired) electrons. The molecule has 1 N–H and O–H groups in total. The molecule has 0 bridgehead atoms. The predicted molar refractivity (Wildman–Crippen MR) is 146 cm³/mol. The molecule has 1 saturated carbocycles. The molecule has 7 nitrogen and oxygen atoms in total. The second-order valence-electron chi connectivity index (χ2n) is 12.3. The Morgan fingerprint density at radius 3 is 2.38 bits per heavy atom. The standard InChI is InChI=1S/C30H38N4O3/c1-18-19(2)33(20(3)35)24-13-12-22(16-23(24)27(18)31-21-10-8-7-9-11-21)32-17-26-30(32)15-14-25(30)34(26)28(36)37-29(4,5)6/h7-13,16,18-19,25-27,31H,14-15,17H2,1-6H3. The van der Waals surface area contributed by atoms with Gasteiger partial charge in [0.1, 0.15) is 5.60 Å². The number of rotatable bonds is 3. The van der Waals surface area contributed by atoms with Crippen LogP contribution in [0, 0.1) is 5.92 Å². The number of ether oxygens (including phenoxy) is 1. The van der Waals surface area contributed by atoms with Crippen LogP contribution in [0.1, 0.15) is 66.0 Å². The van der Waals surface area contributed by atoms with Gasteiger partial charge in [-0.25, -0.2) is 4.79 Å². The molecule has 2 amide bonds. The van der Waals surface area contributed by atoms with Crippen molar-refractivity contribution < 1.29 is 14.3 Å². The van der Waals surface area contributed by atoms with Crippen LogP contribution >= 0.6 is 0 Å². The van der Waals surface area contributed by atoms with E-state index in [-0.39, 0.29) is 47.6 Å². The third-order valence-corrected chi connectivity index (χ3v) is 9.15. The summed E-state index contributed by atoms with van der Waals surface area (Å²) < 4.78 is 5.71. The minimum atomic E-state index is -0.488. The van der Waals surface area contributed by atoms with Crippen molar-refractivity contribution in [2.75, 3.05) is 21.7 Å². The number of hydrogen-bond acceptors (Lipinski definition) is 5. The second kappa shape index (κ2) is 8.14. The van der Waals surface area contributed by atoms with E-state index in [4.69, 9.17) is 4.74 Å². The number of anilines is 3.